The maximum absolute atomic E-state index is 13.6. The van der Waals surface area contributed by atoms with Crippen molar-refractivity contribution in [3.05, 3.63) is 131 Å². The van der Waals surface area contributed by atoms with Crippen molar-refractivity contribution in [3.63, 3.8) is 0 Å². The lowest BCUT2D eigenvalue weighted by Crippen LogP contribution is -2.50. The minimum absolute atomic E-state index is 0.204. The van der Waals surface area contributed by atoms with Crippen LogP contribution in [0.4, 0.5) is 4.79 Å². The van der Waals surface area contributed by atoms with Crippen LogP contribution in [0.3, 0.4) is 0 Å². The third-order valence-corrected chi connectivity index (χ3v) is 8.41. The Balaban J connectivity index is 1.64. The molecular formula is C35H38N2O5S. The number of amides is 2. The first-order valence-corrected chi connectivity index (χ1v) is 15.2. The van der Waals surface area contributed by atoms with Gasteiger partial charge >= 0.3 is 6.09 Å². The summed E-state index contributed by atoms with van der Waals surface area (Å²) >= 11 is 1.57. The molecule has 4 aromatic carbocycles. The summed E-state index contributed by atoms with van der Waals surface area (Å²) in [5, 5.41) is 25.1. The first-order valence-electron chi connectivity index (χ1n) is 14.2. The van der Waals surface area contributed by atoms with E-state index in [-0.39, 0.29) is 29.7 Å². The van der Waals surface area contributed by atoms with Crippen LogP contribution in [0, 0.1) is 0 Å². The summed E-state index contributed by atoms with van der Waals surface area (Å²) in [4.78, 5) is 26.5. The number of phenolic OH excluding ortho intramolecular Hbond substituents is 2. The van der Waals surface area contributed by atoms with E-state index in [4.69, 9.17) is 4.74 Å². The molecular weight excluding hydrogens is 560 g/mol. The third kappa shape index (κ3) is 8.32. The number of benzene rings is 4. The van der Waals surface area contributed by atoms with Crippen molar-refractivity contribution in [1.82, 2.24) is 10.6 Å². The van der Waals surface area contributed by atoms with E-state index in [0.29, 0.717) is 6.42 Å². The zero-order chi connectivity index (χ0) is 30.9. The van der Waals surface area contributed by atoms with E-state index < -0.39 is 22.5 Å². The molecule has 0 bridgehead atoms. The maximum atomic E-state index is 13.6. The molecule has 0 saturated heterocycles. The molecule has 8 heteroatoms. The van der Waals surface area contributed by atoms with Crippen molar-refractivity contribution in [2.24, 2.45) is 0 Å². The number of nitrogens with one attached hydrogen (secondary N) is 2. The largest absolute Gasteiger partial charge is 0.504 e. The van der Waals surface area contributed by atoms with Crippen molar-refractivity contribution in [2.45, 2.75) is 43.6 Å². The van der Waals surface area contributed by atoms with Crippen LogP contribution < -0.4 is 10.6 Å². The van der Waals surface area contributed by atoms with Crippen LogP contribution in [-0.4, -0.2) is 46.2 Å². The van der Waals surface area contributed by atoms with Gasteiger partial charge < -0.3 is 25.6 Å². The van der Waals surface area contributed by atoms with Crippen LogP contribution in [0.5, 0.6) is 11.5 Å². The Kier molecular flexibility index (Phi) is 10.4. The second kappa shape index (κ2) is 14.2. The second-order valence-electron chi connectivity index (χ2n) is 11.2. The summed E-state index contributed by atoms with van der Waals surface area (Å²) in [5.74, 6) is -0.539. The number of carbonyl (C=O) groups excluding carboxylic acids is 2. The molecule has 1 atom stereocenters. The first kappa shape index (κ1) is 31.5. The number of rotatable bonds is 11. The van der Waals surface area contributed by atoms with Crippen LogP contribution in [0.2, 0.25) is 0 Å². The standard InChI is InChI=1S/C35H38N2O5S/c1-34(2,3)42-33(41)37-29(32(40)36-22-21-25-19-20-30(38)31(39)23-25)24-43-35(26-13-7-4-8-14-26,27-15-9-5-10-16-27)28-17-11-6-12-18-28/h4-20,23,29,38-39H,21-22,24H2,1-3H3,(H,36,40)(H,37,41)/t29-/m0/s1. The van der Waals surface area contributed by atoms with E-state index in [1.807, 2.05) is 54.6 Å². The summed E-state index contributed by atoms with van der Waals surface area (Å²) in [7, 11) is 0. The van der Waals surface area contributed by atoms with E-state index >= 15 is 0 Å². The molecule has 2 amide bonds. The molecule has 0 radical (unpaired) electrons. The lowest BCUT2D eigenvalue weighted by molar-refractivity contribution is -0.122. The first-order chi connectivity index (χ1) is 20.6. The highest BCUT2D eigenvalue weighted by Gasteiger charge is 2.38. The summed E-state index contributed by atoms with van der Waals surface area (Å²) in [5.41, 5.74) is 3.14. The topological polar surface area (TPSA) is 108 Å². The van der Waals surface area contributed by atoms with Gasteiger partial charge in [-0.15, -0.1) is 11.8 Å². The van der Waals surface area contributed by atoms with Gasteiger partial charge in [-0.2, -0.15) is 0 Å². The number of hydrogen-bond donors (Lipinski definition) is 4. The number of thioether (sulfide) groups is 1. The lowest BCUT2D eigenvalue weighted by atomic mass is 9.84. The zero-order valence-electron chi connectivity index (χ0n) is 24.6. The lowest BCUT2D eigenvalue weighted by Gasteiger charge is -2.36. The Morgan fingerprint density at radius 3 is 1.74 bits per heavy atom. The maximum Gasteiger partial charge on any atom is 0.408 e. The number of carbonyl (C=O) groups is 2. The Morgan fingerprint density at radius 1 is 0.767 bits per heavy atom. The highest BCUT2D eigenvalue weighted by atomic mass is 32.2. The van der Waals surface area contributed by atoms with Gasteiger partial charge in [0.2, 0.25) is 5.91 Å². The average molecular weight is 599 g/mol. The number of hydrogen-bond acceptors (Lipinski definition) is 6. The molecule has 0 aliphatic heterocycles. The minimum Gasteiger partial charge on any atom is -0.504 e. The Hall–Kier alpha value is -4.43. The predicted molar refractivity (Wildman–Crippen MR) is 171 cm³/mol. The third-order valence-electron chi connectivity index (χ3n) is 6.77. The molecule has 0 saturated carbocycles. The monoisotopic (exact) mass is 598 g/mol. The van der Waals surface area contributed by atoms with Gasteiger partial charge in [-0.25, -0.2) is 4.79 Å². The van der Waals surface area contributed by atoms with Crippen molar-refractivity contribution in [2.75, 3.05) is 12.3 Å². The van der Waals surface area contributed by atoms with Gasteiger partial charge in [0.15, 0.2) is 11.5 Å². The smallest absolute Gasteiger partial charge is 0.408 e. The molecule has 0 aromatic heterocycles. The van der Waals surface area contributed by atoms with Gasteiger partial charge in [0.05, 0.1) is 4.75 Å². The molecule has 0 fully saturated rings. The quantitative estimate of drug-likeness (QED) is 0.118. The van der Waals surface area contributed by atoms with Gasteiger partial charge in [-0.1, -0.05) is 97.1 Å². The van der Waals surface area contributed by atoms with Gasteiger partial charge in [-0.3, -0.25) is 4.79 Å². The normalized spacial score (nSPS) is 12.3. The fourth-order valence-electron chi connectivity index (χ4n) is 4.79. The van der Waals surface area contributed by atoms with Crippen LogP contribution in [0.15, 0.2) is 109 Å². The molecule has 4 rings (SSSR count). The molecule has 0 unspecified atom stereocenters. The summed E-state index contributed by atoms with van der Waals surface area (Å²) in [6.07, 6.45) is -0.255. The van der Waals surface area contributed by atoms with Crippen LogP contribution in [0.1, 0.15) is 43.0 Å². The van der Waals surface area contributed by atoms with Crippen LogP contribution >= 0.6 is 11.8 Å². The number of phenols is 2. The number of ether oxygens (including phenoxy) is 1. The average Bonchev–Trinajstić information content (AvgIpc) is 2.99. The number of aromatic hydroxyl groups is 2. The molecule has 4 N–H and O–H groups in total. The fourth-order valence-corrected chi connectivity index (χ4v) is 6.35. The Labute approximate surface area is 257 Å². The predicted octanol–water partition coefficient (Wildman–Crippen LogP) is 6.38. The fraction of sp³-hybridized carbons (Fsp3) is 0.257. The highest BCUT2D eigenvalue weighted by Crippen LogP contribution is 2.48. The summed E-state index contributed by atoms with van der Waals surface area (Å²) < 4.78 is 4.83. The van der Waals surface area contributed by atoms with Crippen LogP contribution in [-0.2, 0) is 20.7 Å². The second-order valence-corrected chi connectivity index (χ2v) is 12.4. The van der Waals surface area contributed by atoms with Crippen LogP contribution in [0.25, 0.3) is 0 Å². The zero-order valence-corrected chi connectivity index (χ0v) is 25.4. The van der Waals surface area contributed by atoms with E-state index in [0.717, 1.165) is 22.3 Å². The number of alkyl carbamates (subject to hydrolysis) is 1. The molecule has 224 valence electrons. The van der Waals surface area contributed by atoms with Crippen molar-refractivity contribution in [1.29, 1.82) is 0 Å². The molecule has 0 aliphatic rings. The van der Waals surface area contributed by atoms with E-state index in [1.54, 1.807) is 38.6 Å². The Bertz CT molecular complexity index is 1390. The molecule has 0 spiro atoms. The molecule has 43 heavy (non-hydrogen) atoms. The van der Waals surface area contributed by atoms with Crippen molar-refractivity contribution >= 4 is 23.8 Å². The molecule has 7 nitrogen and oxygen atoms in total. The molecule has 0 aliphatic carbocycles. The Morgan fingerprint density at radius 2 is 1.28 bits per heavy atom. The van der Waals surface area contributed by atoms with Gasteiger partial charge in [-0.05, 0) is 61.6 Å². The van der Waals surface area contributed by atoms with E-state index in [9.17, 15) is 19.8 Å². The van der Waals surface area contributed by atoms with Gasteiger partial charge in [0.25, 0.3) is 0 Å². The SMILES string of the molecule is CC(C)(C)OC(=O)N[C@@H](CSC(c1ccccc1)(c1ccccc1)c1ccccc1)C(=O)NCCc1ccc(O)c(O)c1. The van der Waals surface area contributed by atoms with Crippen molar-refractivity contribution < 1.29 is 24.5 Å². The van der Waals surface area contributed by atoms with Crippen molar-refractivity contribution in [3.8, 4) is 11.5 Å². The van der Waals surface area contributed by atoms with Gasteiger partial charge in [0, 0.05) is 12.3 Å². The summed E-state index contributed by atoms with van der Waals surface area (Å²) in [6, 6.07) is 34.0. The van der Waals surface area contributed by atoms with Gasteiger partial charge in [0.1, 0.15) is 11.6 Å². The van der Waals surface area contributed by atoms with E-state index in [2.05, 4.69) is 47.0 Å². The molecule has 0 heterocycles. The molecule has 4 aromatic rings. The summed E-state index contributed by atoms with van der Waals surface area (Å²) in [6.45, 7) is 5.58. The minimum atomic E-state index is -0.913. The van der Waals surface area contributed by atoms with E-state index in [1.165, 1.54) is 12.1 Å². The highest BCUT2D eigenvalue weighted by molar-refractivity contribution is 8.00.